The predicted octanol–water partition coefficient (Wildman–Crippen LogP) is 13.2. The number of benzene rings is 3. The zero-order chi connectivity index (χ0) is 43.1. The molecule has 0 unspecified atom stereocenters. The van der Waals surface area contributed by atoms with Gasteiger partial charge in [0.15, 0.2) is 17.4 Å². The number of esters is 1. The van der Waals surface area contributed by atoms with Gasteiger partial charge in [0.2, 0.25) is 17.4 Å². The minimum Gasteiger partial charge on any atom is -0.497 e. The van der Waals surface area contributed by atoms with E-state index in [2.05, 4.69) is 23.6 Å². The third-order valence-corrected chi connectivity index (χ3v) is 7.69. The molecule has 0 spiro atoms. The van der Waals surface area contributed by atoms with Crippen molar-refractivity contribution in [2.24, 2.45) is 5.92 Å². The first-order valence-corrected chi connectivity index (χ1v) is 19.5. The summed E-state index contributed by atoms with van der Waals surface area (Å²) in [6.45, 7) is 21.0. The number of nitrogens with one attached hydrogen (secondary N) is 1. The van der Waals surface area contributed by atoms with Gasteiger partial charge in [-0.05, 0) is 43.5 Å². The van der Waals surface area contributed by atoms with E-state index in [1.165, 1.54) is 88.5 Å². The molecule has 0 atom stereocenters. The quantitative estimate of drug-likeness (QED) is 0.0583. The third-order valence-electron chi connectivity index (χ3n) is 7.69. The van der Waals surface area contributed by atoms with E-state index in [0.717, 1.165) is 11.5 Å². The Hall–Kier alpha value is -4.99. The molecule has 310 valence electrons. The van der Waals surface area contributed by atoms with Crippen molar-refractivity contribution in [1.29, 1.82) is 0 Å². The lowest BCUT2D eigenvalue weighted by atomic mass is 9.93. The molecule has 0 heterocycles. The zero-order valence-corrected chi connectivity index (χ0v) is 35.0. The summed E-state index contributed by atoms with van der Waals surface area (Å²) in [5.74, 6) is -11.0. The van der Waals surface area contributed by atoms with Crippen molar-refractivity contribution in [3.05, 3.63) is 131 Å². The number of halogens is 4. The van der Waals surface area contributed by atoms with Crippen LogP contribution >= 0.6 is 0 Å². The molecule has 1 saturated carbocycles. The predicted molar refractivity (Wildman–Crippen MR) is 222 cm³/mol. The summed E-state index contributed by atoms with van der Waals surface area (Å²) in [4.78, 5) is 35.0. The molecule has 56 heavy (non-hydrogen) atoms. The Labute approximate surface area is 333 Å². The monoisotopic (exact) mass is 785 g/mol. The fraction of sp³-hybridized carbons (Fsp3) is 0.413. The van der Waals surface area contributed by atoms with Crippen LogP contribution in [0.2, 0.25) is 0 Å². The van der Waals surface area contributed by atoms with Crippen molar-refractivity contribution < 1.29 is 41.4 Å². The second kappa shape index (κ2) is 32.3. The van der Waals surface area contributed by atoms with E-state index >= 15 is 0 Å². The van der Waals surface area contributed by atoms with Crippen molar-refractivity contribution in [3.63, 3.8) is 0 Å². The molecule has 0 radical (unpaired) electrons. The van der Waals surface area contributed by atoms with Crippen molar-refractivity contribution in [1.82, 2.24) is 5.32 Å². The number of hydrogen-bond acceptors (Lipinski definition) is 5. The fourth-order valence-corrected chi connectivity index (χ4v) is 4.94. The van der Waals surface area contributed by atoms with Gasteiger partial charge in [0.1, 0.15) is 11.3 Å². The number of Topliss-reactive ketones (excluding diaryl/α,β-unsaturated/α-hetero) is 1. The van der Waals surface area contributed by atoms with E-state index in [1.807, 2.05) is 71.9 Å². The molecule has 1 aliphatic carbocycles. The van der Waals surface area contributed by atoms with Crippen LogP contribution in [-0.2, 0) is 0 Å². The minimum atomic E-state index is -2.03. The Bertz CT molecular complexity index is 1620. The van der Waals surface area contributed by atoms with Crippen molar-refractivity contribution in [3.8, 4) is 11.5 Å². The molecule has 0 aromatic heterocycles. The van der Waals surface area contributed by atoms with Gasteiger partial charge in [-0.25, -0.2) is 13.6 Å². The maximum absolute atomic E-state index is 14.4. The number of carbonyl (C=O) groups excluding carboxylic acids is 3. The fourth-order valence-electron chi connectivity index (χ4n) is 4.94. The van der Waals surface area contributed by atoms with Gasteiger partial charge in [0, 0.05) is 12.1 Å². The van der Waals surface area contributed by atoms with Gasteiger partial charge in [0.25, 0.3) is 5.91 Å². The molecule has 4 rings (SSSR count). The van der Waals surface area contributed by atoms with Crippen LogP contribution < -0.4 is 14.8 Å². The van der Waals surface area contributed by atoms with E-state index in [4.69, 9.17) is 4.74 Å². The van der Waals surface area contributed by atoms with E-state index in [1.54, 1.807) is 26.0 Å². The van der Waals surface area contributed by atoms with Crippen molar-refractivity contribution >= 4 is 17.7 Å². The molecule has 0 saturated heterocycles. The topological polar surface area (TPSA) is 81.7 Å². The first-order chi connectivity index (χ1) is 26.9. The average Bonchev–Trinajstić information content (AvgIpc) is 3.22. The van der Waals surface area contributed by atoms with E-state index in [-0.39, 0.29) is 23.6 Å². The Kier molecular flexibility index (Phi) is 30.6. The van der Waals surface area contributed by atoms with Crippen molar-refractivity contribution in [2.45, 2.75) is 107 Å². The summed E-state index contributed by atoms with van der Waals surface area (Å²) in [6.07, 6.45) is 16.6. The van der Waals surface area contributed by atoms with Gasteiger partial charge in [-0.2, -0.15) is 8.78 Å². The average molecular weight is 786 g/mol. The standard InChI is InChI=1S/C23H19F4NO4.C9H18.C8H8O.3C2H6/c1-4-7-13(8-5-2)12-28-22(29)16-17(24)19(26)21(20(27)18(16)25)32-23(30)14-9-6-10-15(11-14)31-3;1-9-7-5-3-2-4-6-8-9;1-7(9)8-5-3-2-4-6-8;3*1-2/h4-11H,1,12H2,2-3H3,(H,28,29);9H,2-8H2,1H3;2-6H,1H3;3*1-2H3/b8-5-,13-7+;;;;;. The Morgan fingerprint density at radius 1 is 0.786 bits per heavy atom. The third kappa shape index (κ3) is 19.6. The number of carbonyl (C=O) groups is 3. The van der Waals surface area contributed by atoms with E-state index in [0.29, 0.717) is 5.57 Å². The molecule has 1 amide bonds. The molecular weight excluding hydrogens is 722 g/mol. The molecule has 3 aromatic carbocycles. The highest BCUT2D eigenvalue weighted by Crippen LogP contribution is 2.31. The lowest BCUT2D eigenvalue weighted by Crippen LogP contribution is -2.28. The highest BCUT2D eigenvalue weighted by atomic mass is 19.2. The molecule has 3 aromatic rings. The van der Waals surface area contributed by atoms with Crippen LogP contribution in [0.3, 0.4) is 0 Å². The molecule has 10 heteroatoms. The lowest BCUT2D eigenvalue weighted by Gasteiger charge is -2.13. The van der Waals surface area contributed by atoms with E-state index in [9.17, 15) is 31.9 Å². The summed E-state index contributed by atoms with van der Waals surface area (Å²) in [6, 6.07) is 14.6. The summed E-state index contributed by atoms with van der Waals surface area (Å²) < 4.78 is 67.2. The molecule has 1 fully saturated rings. The smallest absolute Gasteiger partial charge is 0.343 e. The van der Waals surface area contributed by atoms with Crippen molar-refractivity contribution in [2.75, 3.05) is 13.7 Å². The van der Waals surface area contributed by atoms with Crippen LogP contribution in [0.5, 0.6) is 11.5 Å². The van der Waals surface area contributed by atoms with E-state index < -0.39 is 46.5 Å². The Morgan fingerprint density at radius 3 is 1.77 bits per heavy atom. The van der Waals surface area contributed by atoms with Gasteiger partial charge >= 0.3 is 5.97 Å². The zero-order valence-electron chi connectivity index (χ0n) is 35.0. The SMILES string of the molecule is C=C/C=C(\C=C/C)CNC(=O)c1c(F)c(F)c(OC(=O)c2cccc(OC)c2)c(F)c1F.CC.CC.CC.CC(=O)c1ccccc1.CC1CCCCCCC1. The maximum Gasteiger partial charge on any atom is 0.343 e. The van der Waals surface area contributed by atoms with Gasteiger partial charge in [-0.1, -0.05) is 161 Å². The molecule has 6 nitrogen and oxygen atoms in total. The first kappa shape index (κ1) is 53.1. The van der Waals surface area contributed by atoms with Gasteiger partial charge < -0.3 is 14.8 Å². The summed E-state index contributed by atoms with van der Waals surface area (Å²) in [5, 5.41) is 2.16. The molecular formula is C46H63F4NO5. The highest BCUT2D eigenvalue weighted by molar-refractivity contribution is 5.96. The van der Waals surface area contributed by atoms with Crippen LogP contribution in [0, 0.1) is 29.2 Å². The lowest BCUT2D eigenvalue weighted by molar-refractivity contribution is 0.0716. The minimum absolute atomic E-state index is 0.121. The number of rotatable bonds is 9. The van der Waals surface area contributed by atoms with Crippen LogP contribution in [0.15, 0.2) is 91.1 Å². The Balaban J connectivity index is 0. The van der Waals surface area contributed by atoms with Crippen LogP contribution in [0.4, 0.5) is 17.6 Å². The molecule has 0 bridgehead atoms. The largest absolute Gasteiger partial charge is 0.497 e. The van der Waals surface area contributed by atoms with Crippen LogP contribution in [0.1, 0.15) is 138 Å². The number of amides is 1. The van der Waals surface area contributed by atoms with Crippen LogP contribution in [0.25, 0.3) is 0 Å². The highest BCUT2D eigenvalue weighted by Gasteiger charge is 2.32. The second-order valence-corrected chi connectivity index (χ2v) is 11.6. The molecule has 0 aliphatic heterocycles. The number of ether oxygens (including phenoxy) is 2. The van der Waals surface area contributed by atoms with Gasteiger partial charge in [0.05, 0.1) is 12.7 Å². The number of ketones is 1. The first-order valence-electron chi connectivity index (χ1n) is 19.5. The normalized spacial score (nSPS) is 12.3. The molecule has 1 N–H and O–H groups in total. The van der Waals surface area contributed by atoms with Crippen LogP contribution in [-0.4, -0.2) is 31.3 Å². The number of allylic oxidation sites excluding steroid dienone is 3. The molecule has 1 aliphatic rings. The van der Waals surface area contributed by atoms with Gasteiger partial charge in [-0.15, -0.1) is 0 Å². The second-order valence-electron chi connectivity index (χ2n) is 11.6. The summed E-state index contributed by atoms with van der Waals surface area (Å²) >= 11 is 0. The number of hydrogen-bond donors (Lipinski definition) is 1. The summed E-state index contributed by atoms with van der Waals surface area (Å²) in [7, 11) is 1.33. The maximum atomic E-state index is 14.4. The number of methoxy groups -OCH3 is 1. The summed E-state index contributed by atoms with van der Waals surface area (Å²) in [5.41, 5.74) is -0.380. The van der Waals surface area contributed by atoms with Gasteiger partial charge in [-0.3, -0.25) is 9.59 Å². The Morgan fingerprint density at radius 2 is 1.30 bits per heavy atom.